The summed E-state index contributed by atoms with van der Waals surface area (Å²) in [4.78, 5) is 0. The molecule has 27 valence electrons. The summed E-state index contributed by atoms with van der Waals surface area (Å²) in [6.07, 6.45) is 2.73. The molecule has 0 aromatic heterocycles. The van der Waals surface area contributed by atoms with E-state index in [4.69, 9.17) is 0 Å². The van der Waals surface area contributed by atoms with E-state index in [1.807, 2.05) is 0 Å². The maximum absolute atomic E-state index is 2.21. The third-order valence-corrected chi connectivity index (χ3v) is 0.707. The molecule has 6 heavy (non-hydrogen) atoms. The van der Waals surface area contributed by atoms with Crippen LogP contribution in [0.2, 0.25) is 5.09 Å². The second-order valence-corrected chi connectivity index (χ2v) is 1.35. The molecule has 0 aliphatic carbocycles. The van der Waals surface area contributed by atoms with Crippen molar-refractivity contribution in [2.75, 3.05) is 0 Å². The summed E-state index contributed by atoms with van der Waals surface area (Å²) in [6.45, 7) is 2.21. The van der Waals surface area contributed by atoms with E-state index < -0.39 is 0 Å². The Hall–Kier alpha value is 1.19. The molecule has 0 spiro atoms. The predicted octanol–water partition coefficient (Wildman–Crippen LogP) is 0.992. The molecule has 0 fully saturated rings. The fourth-order valence-electron chi connectivity index (χ4n) is 0.354. The Morgan fingerprint density at radius 3 is 2.00 bits per heavy atom. The van der Waals surface area contributed by atoms with Gasteiger partial charge in [-0.3, -0.25) is 0 Å². The molecule has 0 rings (SSSR count). The minimum atomic E-state index is 0. The van der Waals surface area contributed by atoms with Gasteiger partial charge in [0.05, 0.1) is 0 Å². The van der Waals surface area contributed by atoms with Gasteiger partial charge < -0.3 is 0 Å². The first-order valence-corrected chi connectivity index (χ1v) is 2.41. The van der Waals surface area contributed by atoms with Gasteiger partial charge in [0.2, 0.25) is 0 Å². The van der Waals surface area contributed by atoms with E-state index in [0.29, 0.717) is 0 Å². The molecule has 0 aromatic rings. The Morgan fingerprint density at radius 2 is 2.00 bits per heavy atom. The van der Waals surface area contributed by atoms with Crippen molar-refractivity contribution in [3.05, 3.63) is 0 Å². The monoisotopic (exact) mass is 71.1 g/mol. The van der Waals surface area contributed by atoms with E-state index in [-0.39, 0.29) is 18.9 Å². The van der Waals surface area contributed by atoms with Crippen LogP contribution in [0.15, 0.2) is 0 Å². The number of hydrogen-bond donors (Lipinski definition) is 0. The molecule has 0 aliphatic rings. The Morgan fingerprint density at radius 1 is 1.50 bits per heavy atom. The normalized spacial score (nSPS) is 7.17. The van der Waals surface area contributed by atoms with Gasteiger partial charge in [0, 0.05) is 18.9 Å². The van der Waals surface area contributed by atoms with Crippen molar-refractivity contribution in [3.63, 3.8) is 0 Å². The molecule has 0 saturated heterocycles. The fourth-order valence-corrected chi connectivity index (χ4v) is 0.354. The molecular formula is C4H9Li2. The molecule has 0 bridgehead atoms. The van der Waals surface area contributed by atoms with Crippen LogP contribution in [0.5, 0.6) is 0 Å². The van der Waals surface area contributed by atoms with E-state index >= 15 is 0 Å². The average molecular weight is 71.0 g/mol. The first kappa shape index (κ1) is 10.2. The van der Waals surface area contributed by atoms with Crippen LogP contribution in [0.4, 0.5) is 0 Å². The summed E-state index contributed by atoms with van der Waals surface area (Å²) in [7, 11) is 0. The second-order valence-electron chi connectivity index (χ2n) is 1.35. The first-order valence-electron chi connectivity index (χ1n) is 2.41. The van der Waals surface area contributed by atoms with E-state index in [0.717, 1.165) is 0 Å². The molecule has 0 atom stereocenters. The van der Waals surface area contributed by atoms with E-state index in [1.165, 1.54) is 17.9 Å². The topological polar surface area (TPSA) is 0 Å². The number of hydrogen-bond acceptors (Lipinski definition) is 0. The Bertz CT molecular complexity index is 13.0. The van der Waals surface area contributed by atoms with Gasteiger partial charge in [-0.2, -0.15) is 0 Å². The summed E-state index contributed by atoms with van der Waals surface area (Å²) >= 11 is 2.21. The van der Waals surface area contributed by atoms with Gasteiger partial charge in [-0.15, -0.1) is 0 Å². The molecule has 0 heterocycles. The van der Waals surface area contributed by atoms with Crippen molar-refractivity contribution in [3.8, 4) is 0 Å². The summed E-state index contributed by atoms with van der Waals surface area (Å²) in [5, 5.41) is 1.34. The van der Waals surface area contributed by atoms with Gasteiger partial charge in [-0.1, -0.05) is 0 Å². The van der Waals surface area contributed by atoms with Gasteiger partial charge in [0.25, 0.3) is 0 Å². The zero-order valence-electron chi connectivity index (χ0n) is 5.12. The SMILES string of the molecule is [Li].[Li][CH2]CCC. The van der Waals surface area contributed by atoms with Crippen LogP contribution in [0.25, 0.3) is 0 Å². The van der Waals surface area contributed by atoms with Gasteiger partial charge in [-0.25, -0.2) is 0 Å². The van der Waals surface area contributed by atoms with Crippen LogP contribution in [-0.4, -0.2) is 36.6 Å². The fraction of sp³-hybridized carbons (Fsp3) is 1.00. The minimum absolute atomic E-state index is 0. The second kappa shape index (κ2) is 9.50. The van der Waals surface area contributed by atoms with Crippen molar-refractivity contribution in [2.45, 2.75) is 24.9 Å². The van der Waals surface area contributed by atoms with Crippen LogP contribution in [-0.2, 0) is 0 Å². The summed E-state index contributed by atoms with van der Waals surface area (Å²) in [5.74, 6) is 0. The van der Waals surface area contributed by atoms with Crippen molar-refractivity contribution >= 4 is 36.6 Å². The molecule has 0 unspecified atom stereocenters. The zero-order valence-corrected chi connectivity index (χ0v) is 5.12. The zero-order chi connectivity index (χ0) is 4.12. The Balaban J connectivity index is 0. The molecule has 0 nitrogen and oxygen atoms in total. The average Bonchev–Trinajstić information content (AvgIpc) is 1.41. The molecule has 2 heteroatoms. The summed E-state index contributed by atoms with van der Waals surface area (Å²) in [6, 6.07) is 0. The van der Waals surface area contributed by atoms with Crippen LogP contribution in [0.3, 0.4) is 0 Å². The predicted molar refractivity (Wildman–Crippen MR) is 31.2 cm³/mol. The van der Waals surface area contributed by atoms with Gasteiger partial charge in [-0.05, 0) is 0 Å². The standard InChI is InChI=1S/C4H9.2Li/c1-3-4-2;;/h1,3-4H2,2H3;;. The molecule has 1 radical (unpaired) electrons. The molecule has 0 saturated carbocycles. The van der Waals surface area contributed by atoms with Crippen LogP contribution < -0.4 is 0 Å². The van der Waals surface area contributed by atoms with Crippen molar-refractivity contribution < 1.29 is 0 Å². The van der Waals surface area contributed by atoms with Gasteiger partial charge >= 0.3 is 42.6 Å². The van der Waals surface area contributed by atoms with Crippen molar-refractivity contribution in [1.29, 1.82) is 0 Å². The van der Waals surface area contributed by atoms with Crippen molar-refractivity contribution in [2.24, 2.45) is 0 Å². The van der Waals surface area contributed by atoms with Gasteiger partial charge in [0.15, 0.2) is 0 Å². The molecule has 0 aromatic carbocycles. The summed E-state index contributed by atoms with van der Waals surface area (Å²) < 4.78 is 0. The van der Waals surface area contributed by atoms with E-state index in [1.54, 1.807) is 0 Å². The third kappa shape index (κ3) is 8.96. The molecule has 0 aliphatic heterocycles. The van der Waals surface area contributed by atoms with E-state index in [2.05, 4.69) is 24.6 Å². The molecule has 0 N–H and O–H groups in total. The quantitative estimate of drug-likeness (QED) is 0.426. The molecule has 0 amide bonds. The van der Waals surface area contributed by atoms with Crippen LogP contribution in [0.1, 0.15) is 19.8 Å². The number of rotatable bonds is 2. The Kier molecular flexibility index (Phi) is 16.2. The third-order valence-electron chi connectivity index (χ3n) is 0.707. The van der Waals surface area contributed by atoms with Crippen LogP contribution in [0, 0.1) is 0 Å². The Labute approximate surface area is 61.5 Å². The molecular weight excluding hydrogens is 61.9 g/mol. The maximum atomic E-state index is 2.21. The number of unbranched alkanes of at least 4 members (excludes halogenated alkanes) is 1. The van der Waals surface area contributed by atoms with Gasteiger partial charge in [0.1, 0.15) is 0 Å². The van der Waals surface area contributed by atoms with E-state index in [9.17, 15) is 0 Å². The van der Waals surface area contributed by atoms with Crippen LogP contribution >= 0.6 is 0 Å². The summed E-state index contributed by atoms with van der Waals surface area (Å²) in [5.41, 5.74) is 0. The van der Waals surface area contributed by atoms with Crippen molar-refractivity contribution in [1.82, 2.24) is 0 Å². The first-order chi connectivity index (χ1) is 2.41.